The van der Waals surface area contributed by atoms with Crippen LogP contribution >= 0.6 is 23.4 Å². The number of fused-ring (bicyclic) bond motifs is 1. The summed E-state index contributed by atoms with van der Waals surface area (Å²) in [5, 5.41) is 20.4. The number of rotatable bonds is 6. The Morgan fingerprint density at radius 2 is 2.06 bits per heavy atom. The number of phenols is 1. The first kappa shape index (κ1) is 21.9. The lowest BCUT2D eigenvalue weighted by atomic mass is 10.00. The van der Waals surface area contributed by atoms with Gasteiger partial charge in [0.05, 0.1) is 17.8 Å². The Morgan fingerprint density at radius 1 is 1.24 bits per heavy atom. The number of hydrogen-bond donors (Lipinski definition) is 1. The van der Waals surface area contributed by atoms with Crippen molar-refractivity contribution in [3.8, 4) is 5.75 Å². The number of hydrogen-bond acceptors (Lipinski definition) is 8. The predicted octanol–water partition coefficient (Wildman–Crippen LogP) is 4.91. The van der Waals surface area contributed by atoms with Gasteiger partial charge in [0.15, 0.2) is 5.16 Å². The molecule has 0 spiro atoms. The molecule has 172 valence electrons. The number of halogens is 1. The van der Waals surface area contributed by atoms with Gasteiger partial charge in [-0.2, -0.15) is 0 Å². The van der Waals surface area contributed by atoms with Crippen LogP contribution in [0.3, 0.4) is 0 Å². The van der Waals surface area contributed by atoms with Crippen LogP contribution in [0.4, 0.5) is 5.95 Å². The highest BCUT2D eigenvalue weighted by atomic mass is 35.5. The molecule has 0 saturated carbocycles. The molecule has 33 heavy (non-hydrogen) atoms. The van der Waals surface area contributed by atoms with Crippen LogP contribution in [-0.4, -0.2) is 33.0 Å². The fourth-order valence-electron chi connectivity index (χ4n) is 4.02. The minimum absolute atomic E-state index is 0.129. The molecule has 10 heteroatoms. The third-order valence-corrected chi connectivity index (χ3v) is 7.23. The van der Waals surface area contributed by atoms with Gasteiger partial charge < -0.3 is 18.8 Å². The Balaban J connectivity index is 1.46. The Hall–Kier alpha value is -2.91. The van der Waals surface area contributed by atoms with Crippen molar-refractivity contribution in [2.75, 3.05) is 18.0 Å². The van der Waals surface area contributed by atoms with E-state index in [4.69, 9.17) is 20.4 Å². The summed E-state index contributed by atoms with van der Waals surface area (Å²) in [6.45, 7) is 4.67. The lowest BCUT2D eigenvalue weighted by Crippen LogP contribution is -2.35. The SMILES string of the molecule is CC1CCN(c2nnc(SCc3cc(=O)oc4cc(O)c(Cl)cc34)n2Cc2ccco2)CC1. The number of thioether (sulfide) groups is 1. The number of aromatic nitrogens is 3. The molecule has 0 bridgehead atoms. The lowest BCUT2D eigenvalue weighted by Gasteiger charge is -2.31. The molecule has 1 N–H and O–H groups in total. The van der Waals surface area contributed by atoms with Crippen molar-refractivity contribution < 1.29 is 13.9 Å². The van der Waals surface area contributed by atoms with Crippen LogP contribution in [-0.2, 0) is 12.3 Å². The predicted molar refractivity (Wildman–Crippen MR) is 127 cm³/mol. The quantitative estimate of drug-likeness (QED) is 0.303. The molecule has 4 heterocycles. The van der Waals surface area contributed by atoms with E-state index in [9.17, 15) is 9.90 Å². The van der Waals surface area contributed by atoms with Crippen molar-refractivity contribution in [1.82, 2.24) is 14.8 Å². The van der Waals surface area contributed by atoms with Crippen LogP contribution in [0.5, 0.6) is 5.75 Å². The molecule has 1 fully saturated rings. The second-order valence-electron chi connectivity index (χ2n) is 8.30. The largest absolute Gasteiger partial charge is 0.506 e. The molecular formula is C23H23ClN4O4S. The summed E-state index contributed by atoms with van der Waals surface area (Å²) >= 11 is 7.58. The summed E-state index contributed by atoms with van der Waals surface area (Å²) in [7, 11) is 0. The van der Waals surface area contributed by atoms with Crippen LogP contribution in [0.15, 0.2) is 55.4 Å². The van der Waals surface area contributed by atoms with E-state index in [-0.39, 0.29) is 10.8 Å². The van der Waals surface area contributed by atoms with Crippen LogP contribution in [0.25, 0.3) is 11.0 Å². The minimum atomic E-state index is -0.486. The Bertz CT molecular complexity index is 1330. The molecule has 8 nitrogen and oxygen atoms in total. The third kappa shape index (κ3) is 4.60. The van der Waals surface area contributed by atoms with Crippen LogP contribution in [0.2, 0.25) is 5.02 Å². The molecule has 1 aliphatic rings. The first-order chi connectivity index (χ1) is 16.0. The Kier molecular flexibility index (Phi) is 6.07. The number of piperidine rings is 1. The molecule has 0 aliphatic carbocycles. The number of anilines is 1. The highest BCUT2D eigenvalue weighted by Gasteiger charge is 2.23. The van der Waals surface area contributed by atoms with Crippen LogP contribution < -0.4 is 10.5 Å². The molecule has 4 aromatic rings. The van der Waals surface area contributed by atoms with Gasteiger partial charge in [-0.1, -0.05) is 30.3 Å². The van der Waals surface area contributed by atoms with E-state index >= 15 is 0 Å². The summed E-state index contributed by atoms with van der Waals surface area (Å²) in [6.07, 6.45) is 3.90. The second kappa shape index (κ2) is 9.15. The zero-order valence-corrected chi connectivity index (χ0v) is 19.6. The maximum atomic E-state index is 12.1. The number of benzene rings is 1. The van der Waals surface area contributed by atoms with E-state index in [2.05, 4.69) is 26.6 Å². The van der Waals surface area contributed by atoms with E-state index < -0.39 is 5.63 Å². The molecule has 0 radical (unpaired) electrons. The third-order valence-electron chi connectivity index (χ3n) is 5.91. The van der Waals surface area contributed by atoms with Gasteiger partial charge in [-0.15, -0.1) is 10.2 Å². The van der Waals surface area contributed by atoms with Gasteiger partial charge in [0.1, 0.15) is 17.1 Å². The van der Waals surface area contributed by atoms with Crippen molar-refractivity contribution in [3.05, 3.63) is 63.4 Å². The van der Waals surface area contributed by atoms with E-state index in [1.54, 1.807) is 12.3 Å². The Morgan fingerprint density at radius 3 is 2.82 bits per heavy atom. The van der Waals surface area contributed by atoms with Gasteiger partial charge in [0, 0.05) is 36.4 Å². The van der Waals surface area contributed by atoms with Gasteiger partial charge in [-0.25, -0.2) is 4.79 Å². The van der Waals surface area contributed by atoms with E-state index in [0.717, 1.165) is 48.4 Å². The second-order valence-corrected chi connectivity index (χ2v) is 9.65. The Labute approximate surface area is 199 Å². The number of furan rings is 1. The molecule has 0 atom stereocenters. The number of aromatic hydroxyl groups is 1. The fourth-order valence-corrected chi connectivity index (χ4v) is 5.11. The van der Waals surface area contributed by atoms with Crippen molar-refractivity contribution in [1.29, 1.82) is 0 Å². The van der Waals surface area contributed by atoms with Crippen molar-refractivity contribution >= 4 is 40.3 Å². The molecule has 1 aromatic carbocycles. The first-order valence-corrected chi connectivity index (χ1v) is 12.1. The molecule has 5 rings (SSSR count). The number of phenolic OH excluding ortho intramolecular Hbond substituents is 1. The highest BCUT2D eigenvalue weighted by Crippen LogP contribution is 2.33. The van der Waals surface area contributed by atoms with E-state index in [1.807, 2.05) is 12.1 Å². The summed E-state index contributed by atoms with van der Waals surface area (Å²) in [5.41, 5.74) is 0.550. The summed E-state index contributed by atoms with van der Waals surface area (Å²) in [4.78, 5) is 14.4. The van der Waals surface area contributed by atoms with Crippen LogP contribution in [0.1, 0.15) is 31.1 Å². The number of nitrogens with zero attached hydrogens (tertiary/aromatic N) is 4. The minimum Gasteiger partial charge on any atom is -0.506 e. The fraction of sp³-hybridized carbons (Fsp3) is 0.348. The lowest BCUT2D eigenvalue weighted by molar-refractivity contribution is 0.427. The van der Waals surface area contributed by atoms with Crippen molar-refractivity contribution in [2.45, 2.75) is 37.2 Å². The summed E-state index contributed by atoms with van der Waals surface area (Å²) in [6, 6.07) is 8.22. The molecule has 0 unspecified atom stereocenters. The maximum Gasteiger partial charge on any atom is 0.336 e. The van der Waals surface area contributed by atoms with Gasteiger partial charge in [-0.3, -0.25) is 4.57 Å². The molecule has 3 aromatic heterocycles. The topological polar surface area (TPSA) is 97.5 Å². The van der Waals surface area contributed by atoms with Crippen LogP contribution in [0, 0.1) is 5.92 Å². The maximum absolute atomic E-state index is 12.1. The molecule has 1 saturated heterocycles. The van der Waals surface area contributed by atoms with Gasteiger partial charge in [-0.05, 0) is 42.5 Å². The zero-order valence-electron chi connectivity index (χ0n) is 18.0. The molecular weight excluding hydrogens is 464 g/mol. The molecule has 0 amide bonds. The summed E-state index contributed by atoms with van der Waals surface area (Å²) in [5.74, 6) is 2.68. The monoisotopic (exact) mass is 486 g/mol. The van der Waals surface area contributed by atoms with Gasteiger partial charge in [0.2, 0.25) is 5.95 Å². The van der Waals surface area contributed by atoms with E-state index in [0.29, 0.717) is 29.2 Å². The smallest absolute Gasteiger partial charge is 0.336 e. The first-order valence-electron chi connectivity index (χ1n) is 10.8. The normalized spacial score (nSPS) is 14.9. The standard InChI is InChI=1S/C23H23ClN4O4S/c1-14-4-6-27(7-5-14)22-25-26-23(28(22)12-16-3-2-8-31-16)33-13-15-9-21(30)32-20-11-19(29)18(24)10-17(15)20/h2-3,8-11,14,29H,4-7,12-13H2,1H3. The highest BCUT2D eigenvalue weighted by molar-refractivity contribution is 7.98. The zero-order chi connectivity index (χ0) is 22.9. The van der Waals surface area contributed by atoms with E-state index in [1.165, 1.54) is 23.9 Å². The molecule has 1 aliphatic heterocycles. The average molecular weight is 487 g/mol. The van der Waals surface area contributed by atoms with Crippen molar-refractivity contribution in [2.24, 2.45) is 5.92 Å². The summed E-state index contributed by atoms with van der Waals surface area (Å²) < 4.78 is 12.9. The average Bonchev–Trinajstić information content (AvgIpc) is 3.44. The van der Waals surface area contributed by atoms with Gasteiger partial charge >= 0.3 is 5.63 Å². The van der Waals surface area contributed by atoms with Gasteiger partial charge in [0.25, 0.3) is 0 Å². The van der Waals surface area contributed by atoms with Crippen molar-refractivity contribution in [3.63, 3.8) is 0 Å².